The Hall–Kier alpha value is -1.62. The second-order valence-corrected chi connectivity index (χ2v) is 20.9. The summed E-state index contributed by atoms with van der Waals surface area (Å²) < 4.78 is 35.5. The Morgan fingerprint density at radius 2 is 1.66 bits per heavy atom. The SMILES string of the molecule is CCOc1nc(N)nc2c1nc1n2[C@H]2O[C@@H]3CO[Si](C(C)C)(C(C)C)O[Si](C(C)C)(C(C)C)O[C@H]3[C@@]2(O)C1. The monoisotopic (exact) mass is 565 g/mol. The molecule has 2 saturated heterocycles. The summed E-state index contributed by atoms with van der Waals surface area (Å²) in [7, 11) is -5.66. The summed E-state index contributed by atoms with van der Waals surface area (Å²) in [6.07, 6.45) is -1.64. The Bertz CT molecular complexity index is 1190. The average molecular weight is 566 g/mol. The molecular formula is C25H43N5O6Si2. The summed E-state index contributed by atoms with van der Waals surface area (Å²) in [5, 5.41) is 12.3. The smallest absolute Gasteiger partial charge is 0.335 e. The van der Waals surface area contributed by atoms with Crippen molar-refractivity contribution in [1.82, 2.24) is 19.5 Å². The summed E-state index contributed by atoms with van der Waals surface area (Å²) in [5.41, 5.74) is 6.36. The molecule has 0 unspecified atom stereocenters. The van der Waals surface area contributed by atoms with Crippen molar-refractivity contribution in [1.29, 1.82) is 0 Å². The molecular weight excluding hydrogens is 522 g/mol. The summed E-state index contributed by atoms with van der Waals surface area (Å²) in [4.78, 5) is 13.4. The quantitative estimate of drug-likeness (QED) is 0.496. The van der Waals surface area contributed by atoms with Gasteiger partial charge in [-0.2, -0.15) is 9.97 Å². The van der Waals surface area contributed by atoms with E-state index in [-0.39, 0.29) is 41.1 Å². The topological polar surface area (TPSA) is 136 Å². The Kier molecular flexibility index (Phi) is 6.98. The van der Waals surface area contributed by atoms with Crippen molar-refractivity contribution >= 4 is 34.2 Å². The summed E-state index contributed by atoms with van der Waals surface area (Å²) in [6, 6.07) is 0. The van der Waals surface area contributed by atoms with Gasteiger partial charge in [0.25, 0.3) is 0 Å². The highest BCUT2D eigenvalue weighted by Gasteiger charge is 2.68. The zero-order valence-corrected chi connectivity index (χ0v) is 26.0. The van der Waals surface area contributed by atoms with Crippen molar-refractivity contribution in [3.8, 4) is 5.88 Å². The molecule has 5 heterocycles. The lowest BCUT2D eigenvalue weighted by atomic mass is 9.93. The summed E-state index contributed by atoms with van der Waals surface area (Å²) >= 11 is 0. The number of ether oxygens (including phenoxy) is 2. The van der Waals surface area contributed by atoms with Gasteiger partial charge in [-0.25, -0.2) is 4.98 Å². The predicted molar refractivity (Wildman–Crippen MR) is 147 cm³/mol. The van der Waals surface area contributed by atoms with E-state index in [1.165, 1.54) is 0 Å². The Morgan fingerprint density at radius 1 is 1.03 bits per heavy atom. The van der Waals surface area contributed by atoms with Crippen molar-refractivity contribution < 1.29 is 27.5 Å². The molecule has 212 valence electrons. The molecule has 2 fully saturated rings. The third-order valence-corrected chi connectivity index (χ3v) is 18.7. The minimum atomic E-state index is -2.94. The van der Waals surface area contributed by atoms with Crippen LogP contribution in [0, 0.1) is 0 Å². The number of nitrogen functional groups attached to an aromatic ring is 1. The van der Waals surface area contributed by atoms with Crippen LogP contribution in [0.2, 0.25) is 22.2 Å². The van der Waals surface area contributed by atoms with Gasteiger partial charge < -0.3 is 33.3 Å². The molecule has 11 nitrogen and oxygen atoms in total. The molecule has 13 heteroatoms. The van der Waals surface area contributed by atoms with Gasteiger partial charge in [0.15, 0.2) is 17.4 Å². The Balaban J connectivity index is 1.62. The number of imidazole rings is 1. The van der Waals surface area contributed by atoms with E-state index in [0.717, 1.165) is 0 Å². The fraction of sp³-hybridized carbons (Fsp3) is 0.800. The van der Waals surface area contributed by atoms with Crippen molar-refractivity contribution in [2.24, 2.45) is 0 Å². The Labute approximate surface area is 226 Å². The molecule has 2 aromatic rings. The van der Waals surface area contributed by atoms with Crippen LogP contribution < -0.4 is 10.5 Å². The van der Waals surface area contributed by atoms with E-state index in [1.54, 1.807) is 0 Å². The van der Waals surface area contributed by atoms with Gasteiger partial charge in [0.05, 0.1) is 13.2 Å². The maximum absolute atomic E-state index is 12.3. The maximum Gasteiger partial charge on any atom is 0.335 e. The number of nitrogens with two attached hydrogens (primary N) is 1. The molecule has 3 aliphatic rings. The van der Waals surface area contributed by atoms with Crippen LogP contribution in [-0.4, -0.2) is 72.8 Å². The van der Waals surface area contributed by atoms with Crippen molar-refractivity contribution in [2.45, 2.75) is 115 Å². The zero-order chi connectivity index (χ0) is 27.8. The third kappa shape index (κ3) is 3.88. The van der Waals surface area contributed by atoms with Crippen LogP contribution in [0.3, 0.4) is 0 Å². The van der Waals surface area contributed by atoms with E-state index in [0.29, 0.717) is 29.5 Å². The van der Waals surface area contributed by atoms with Crippen LogP contribution in [0.5, 0.6) is 5.88 Å². The van der Waals surface area contributed by atoms with E-state index >= 15 is 0 Å². The van der Waals surface area contributed by atoms with Crippen LogP contribution in [0.25, 0.3) is 11.2 Å². The second kappa shape index (κ2) is 9.49. The fourth-order valence-electron chi connectivity index (χ4n) is 6.59. The van der Waals surface area contributed by atoms with Crippen molar-refractivity contribution in [3.05, 3.63) is 5.82 Å². The molecule has 0 spiro atoms. The van der Waals surface area contributed by atoms with Crippen molar-refractivity contribution in [2.75, 3.05) is 18.9 Å². The summed E-state index contributed by atoms with van der Waals surface area (Å²) in [6.45, 7) is 20.0. The lowest BCUT2D eigenvalue weighted by molar-refractivity contribution is -0.0867. The molecule has 0 bridgehead atoms. The van der Waals surface area contributed by atoms with E-state index in [2.05, 4.69) is 65.4 Å². The lowest BCUT2D eigenvalue weighted by Crippen LogP contribution is -2.67. The van der Waals surface area contributed by atoms with E-state index in [4.69, 9.17) is 33.2 Å². The first kappa shape index (κ1) is 27.9. The number of anilines is 1. The van der Waals surface area contributed by atoms with Gasteiger partial charge in [-0.1, -0.05) is 55.4 Å². The number of fused-ring (bicyclic) bond motifs is 7. The van der Waals surface area contributed by atoms with Gasteiger partial charge in [-0.05, 0) is 29.1 Å². The number of hydrogen-bond acceptors (Lipinski definition) is 10. The second-order valence-electron chi connectivity index (χ2n) is 12.1. The standard InChI is InChI=1S/C25H43N5O6Si2/c1-10-32-22-19-21(28-24(26)29-22)30-18(27-19)11-25(31)20-17(34-23(25)30)12-33-37(13(2)3,14(4)5)36-38(35-20,15(6)7)16(8)9/h13-17,20,23,31H,10-12H2,1-9H3,(H2,26,28,29)/t17-,20-,23+,25+/m1/s1. The first-order valence-corrected chi connectivity index (χ1v) is 17.8. The summed E-state index contributed by atoms with van der Waals surface area (Å²) in [5.74, 6) is 1.04. The molecule has 38 heavy (non-hydrogen) atoms. The van der Waals surface area contributed by atoms with E-state index in [9.17, 15) is 5.11 Å². The molecule has 0 radical (unpaired) electrons. The molecule has 0 amide bonds. The minimum absolute atomic E-state index is 0.0757. The van der Waals surface area contributed by atoms with Crippen LogP contribution >= 0.6 is 0 Å². The molecule has 0 aromatic carbocycles. The van der Waals surface area contributed by atoms with Gasteiger partial charge in [0.2, 0.25) is 11.8 Å². The predicted octanol–water partition coefficient (Wildman–Crippen LogP) is 3.95. The number of aromatic nitrogens is 4. The van der Waals surface area contributed by atoms with Crippen LogP contribution in [-0.2, 0) is 24.1 Å². The molecule has 4 atom stereocenters. The van der Waals surface area contributed by atoms with E-state index in [1.807, 2.05) is 11.5 Å². The highest BCUT2D eigenvalue weighted by atomic mass is 28.5. The lowest BCUT2D eigenvalue weighted by Gasteiger charge is -2.52. The Morgan fingerprint density at radius 3 is 2.24 bits per heavy atom. The molecule has 0 saturated carbocycles. The highest BCUT2D eigenvalue weighted by molar-refractivity contribution is 6.84. The van der Waals surface area contributed by atoms with Crippen molar-refractivity contribution in [3.63, 3.8) is 0 Å². The van der Waals surface area contributed by atoms with Crippen LogP contribution in [0.1, 0.15) is 74.4 Å². The molecule has 2 aromatic heterocycles. The number of nitrogens with zero attached hydrogens (tertiary/aromatic N) is 4. The molecule has 3 aliphatic heterocycles. The number of rotatable bonds is 6. The third-order valence-electron chi connectivity index (χ3n) is 8.44. The highest BCUT2D eigenvalue weighted by Crippen LogP contribution is 2.54. The van der Waals surface area contributed by atoms with Gasteiger partial charge in [0, 0.05) is 6.42 Å². The number of aliphatic hydroxyl groups is 1. The first-order valence-electron chi connectivity index (χ1n) is 13.9. The van der Waals surface area contributed by atoms with Gasteiger partial charge >= 0.3 is 17.1 Å². The molecule has 5 rings (SSSR count). The van der Waals surface area contributed by atoms with Gasteiger partial charge in [-0.3, -0.25) is 4.57 Å². The zero-order valence-electron chi connectivity index (χ0n) is 24.0. The largest absolute Gasteiger partial charge is 0.476 e. The molecule has 0 aliphatic carbocycles. The fourth-order valence-corrected chi connectivity index (χ4v) is 17.8. The van der Waals surface area contributed by atoms with Gasteiger partial charge in [0.1, 0.15) is 23.6 Å². The maximum atomic E-state index is 12.3. The average Bonchev–Trinajstić information content (AvgIpc) is 3.37. The van der Waals surface area contributed by atoms with Crippen LogP contribution in [0.4, 0.5) is 5.95 Å². The normalized spacial score (nSPS) is 30.1. The van der Waals surface area contributed by atoms with Gasteiger partial charge in [-0.15, -0.1) is 0 Å². The van der Waals surface area contributed by atoms with E-state index < -0.39 is 41.2 Å². The minimum Gasteiger partial charge on any atom is -0.476 e. The number of hydrogen-bond donors (Lipinski definition) is 2. The molecule has 3 N–H and O–H groups in total. The van der Waals surface area contributed by atoms with Crippen LogP contribution in [0.15, 0.2) is 0 Å². The first-order chi connectivity index (χ1) is 17.8.